The van der Waals surface area contributed by atoms with Crippen molar-refractivity contribution in [2.24, 2.45) is 10.8 Å². The molecular weight excluding hydrogens is 317 g/mol. The molecule has 0 spiro atoms. The molecule has 2 nitrogen and oxygen atoms in total. The number of nitrogens with two attached hydrogens (primary N) is 2. The Hall–Kier alpha value is 1.22. The van der Waals surface area contributed by atoms with Crippen molar-refractivity contribution in [3.63, 3.8) is 0 Å². The quantitative estimate of drug-likeness (QED) is 0.659. The number of hydrogen-bond acceptors (Lipinski definition) is 2. The van der Waals surface area contributed by atoms with Crippen molar-refractivity contribution in [1.29, 1.82) is 0 Å². The predicted octanol–water partition coefficient (Wildman–Crippen LogP) is 2.37. The maximum Gasteiger partial charge on any atom is 0.0947 e. The maximum absolute atomic E-state index is 7.20. The zero-order chi connectivity index (χ0) is 15.0. The van der Waals surface area contributed by atoms with Gasteiger partial charge >= 0.3 is 0 Å². The second kappa shape index (κ2) is 3.90. The van der Waals surface area contributed by atoms with Crippen LogP contribution in [0.4, 0.5) is 0 Å². The molecule has 1 fully saturated rings. The summed E-state index contributed by atoms with van der Waals surface area (Å²) in [5.74, 6) is 0. The van der Waals surface area contributed by atoms with Gasteiger partial charge < -0.3 is 10.8 Å². The van der Waals surface area contributed by atoms with Gasteiger partial charge in [0, 0.05) is 28.4 Å². The highest BCUT2D eigenvalue weighted by molar-refractivity contribution is 8.13. The largest absolute Gasteiger partial charge is 0.355 e. The van der Waals surface area contributed by atoms with Crippen LogP contribution in [0.25, 0.3) is 0 Å². The van der Waals surface area contributed by atoms with Crippen LogP contribution in [0.1, 0.15) is 0 Å². The van der Waals surface area contributed by atoms with E-state index in [1.54, 1.807) is 0 Å². The lowest BCUT2D eigenvalue weighted by Crippen LogP contribution is -3.05. The van der Waals surface area contributed by atoms with E-state index in [1.807, 2.05) is 0 Å². The minimum absolute atomic E-state index is 1.32. The number of rotatable bonds is 0. The van der Waals surface area contributed by atoms with E-state index in [9.17, 15) is 0 Å². The van der Waals surface area contributed by atoms with Crippen molar-refractivity contribution < 1.29 is 0 Å². The smallest absolute Gasteiger partial charge is 0.0947 e. The van der Waals surface area contributed by atoms with Crippen molar-refractivity contribution >= 4 is 43.0 Å². The van der Waals surface area contributed by atoms with E-state index < -0.39 is 43.0 Å². The molecule has 0 radical (unpaired) electrons. The summed E-state index contributed by atoms with van der Waals surface area (Å²) in [6, 6.07) is 0. The highest BCUT2D eigenvalue weighted by Crippen LogP contribution is 2.47. The Kier molecular flexibility index (Phi) is 3.74. The van der Waals surface area contributed by atoms with E-state index in [0.717, 1.165) is 0 Å². The summed E-state index contributed by atoms with van der Waals surface area (Å²) in [7, 11) is -8.37. The van der Waals surface area contributed by atoms with Crippen LogP contribution >= 0.6 is 0 Å². The molecule has 0 aromatic carbocycles. The topological polar surface area (TPSA) is 52.0 Å². The van der Waals surface area contributed by atoms with E-state index in [4.69, 9.17) is 10.8 Å². The van der Waals surface area contributed by atoms with Crippen LogP contribution in [-0.4, -0.2) is 43.0 Å². The molecule has 0 unspecified atom stereocenters. The Bertz CT molecular complexity index is 256. The normalized spacial score (nSPS) is 44.7. The molecule has 18 heavy (non-hydrogen) atoms. The Morgan fingerprint density at radius 2 is 0.500 bits per heavy atom. The van der Waals surface area contributed by atoms with Crippen LogP contribution in [0.15, 0.2) is 0 Å². The third kappa shape index (κ3) is 1.49. The van der Waals surface area contributed by atoms with Crippen LogP contribution < -0.4 is 10.8 Å². The lowest BCUT2D eigenvalue weighted by molar-refractivity contribution is 1.63. The van der Waals surface area contributed by atoms with Gasteiger partial charge in [0.15, 0.2) is 0 Å². The second-order valence-electron chi connectivity index (χ2n) is 8.90. The zero-order valence-corrected chi connectivity index (χ0v) is 20.2. The van der Waals surface area contributed by atoms with Crippen LogP contribution in [0, 0.1) is 0 Å². The van der Waals surface area contributed by atoms with E-state index in [2.05, 4.69) is 65.5 Å². The third-order valence-corrected chi connectivity index (χ3v) is 152. The molecule has 1 saturated heterocycles. The summed E-state index contributed by atoms with van der Waals surface area (Å²) < 4.78 is 0. The lowest BCUT2D eigenvalue weighted by atomic mass is 11.9. The summed E-state index contributed by atoms with van der Waals surface area (Å²) in [5, 5.41) is 14.4. The highest BCUT2D eigenvalue weighted by Gasteiger charge is 2.77. The van der Waals surface area contributed by atoms with Crippen molar-refractivity contribution in [3.8, 4) is 0 Å². The first-order valence-electron chi connectivity index (χ1n) is 7.08. The van der Waals surface area contributed by atoms with Gasteiger partial charge in [-0.2, -0.15) is 0 Å². The van der Waals surface area contributed by atoms with Gasteiger partial charge in [-0.15, -0.1) is 0 Å². The molecule has 8 heteroatoms. The van der Waals surface area contributed by atoms with Gasteiger partial charge in [-0.25, -0.2) is 0 Å². The molecular formula is C10H34N2Si6. The van der Waals surface area contributed by atoms with Crippen molar-refractivity contribution in [1.82, 2.24) is 0 Å². The van der Waals surface area contributed by atoms with Gasteiger partial charge in [-0.1, -0.05) is 65.5 Å². The first kappa shape index (κ1) is 17.3. The number of hydrogen-bond donors (Lipinski definition) is 2. The van der Waals surface area contributed by atoms with Crippen LogP contribution in [0.2, 0.25) is 65.5 Å². The SMILES string of the molecule is C[Si]1(C)[Si](C)(C)[Si](C)(N)[Si](C)(C)[Si](C)(C)[Si]1(C)N. The predicted molar refractivity (Wildman–Crippen MR) is 102 cm³/mol. The van der Waals surface area contributed by atoms with Gasteiger partial charge in [0.1, 0.15) is 0 Å². The summed E-state index contributed by atoms with van der Waals surface area (Å²) in [6.07, 6.45) is 0. The van der Waals surface area contributed by atoms with Gasteiger partial charge in [0.25, 0.3) is 0 Å². The fraction of sp³-hybridized carbons (Fsp3) is 1.00. The molecule has 0 saturated carbocycles. The fourth-order valence-electron chi connectivity index (χ4n) is 4.16. The zero-order valence-electron chi connectivity index (χ0n) is 14.2. The Balaban J connectivity index is 3.72. The Morgan fingerprint density at radius 1 is 0.389 bits per heavy atom. The van der Waals surface area contributed by atoms with Gasteiger partial charge in [-0.3, -0.25) is 0 Å². The first-order valence-corrected chi connectivity index (χ1v) is 30.2. The van der Waals surface area contributed by atoms with E-state index in [-0.39, 0.29) is 0 Å². The summed E-state index contributed by atoms with van der Waals surface area (Å²) in [4.78, 5) is 0. The third-order valence-electron chi connectivity index (χ3n) is 8.32. The average molecular weight is 351 g/mol. The summed E-state index contributed by atoms with van der Waals surface area (Å²) in [6.45, 7) is 26.1. The van der Waals surface area contributed by atoms with Crippen molar-refractivity contribution in [2.45, 2.75) is 65.5 Å². The minimum atomic E-state index is -1.55. The molecule has 0 bridgehead atoms. The molecule has 1 rings (SSSR count). The molecule has 0 aliphatic carbocycles. The van der Waals surface area contributed by atoms with E-state index in [1.165, 1.54) is 0 Å². The summed E-state index contributed by atoms with van der Waals surface area (Å²) >= 11 is 0. The summed E-state index contributed by atoms with van der Waals surface area (Å²) in [5.41, 5.74) is 0. The molecule has 0 amide bonds. The first-order chi connectivity index (χ1) is 7.50. The standard InChI is InChI=1S/C10H34N2Si6/c1-13(2)14(3,4)18(10,12)16(7,8)15(5,6)17(13,9)11/h11-12H2,1-10H3. The second-order valence-corrected chi connectivity index (χ2v) is 78.2. The molecule has 4 N–H and O–H groups in total. The minimum Gasteiger partial charge on any atom is -0.355 e. The highest BCUT2D eigenvalue weighted by atomic mass is 30.2. The maximum atomic E-state index is 7.20. The van der Waals surface area contributed by atoms with Crippen LogP contribution in [0.5, 0.6) is 0 Å². The Labute approximate surface area is 119 Å². The van der Waals surface area contributed by atoms with Crippen molar-refractivity contribution in [2.75, 3.05) is 0 Å². The molecule has 0 aromatic rings. The van der Waals surface area contributed by atoms with E-state index >= 15 is 0 Å². The fourth-order valence-corrected chi connectivity index (χ4v) is 228. The Morgan fingerprint density at radius 3 is 0.611 bits per heavy atom. The average Bonchev–Trinajstić information content (AvgIpc) is 2.14. The molecule has 1 aliphatic heterocycles. The van der Waals surface area contributed by atoms with Crippen LogP contribution in [0.3, 0.4) is 0 Å². The van der Waals surface area contributed by atoms with Gasteiger partial charge in [-0.05, 0) is 0 Å². The molecule has 108 valence electrons. The monoisotopic (exact) mass is 350 g/mol. The van der Waals surface area contributed by atoms with Gasteiger partial charge in [0.05, 0.1) is 14.5 Å². The van der Waals surface area contributed by atoms with E-state index in [0.29, 0.717) is 0 Å². The molecule has 1 aliphatic rings. The van der Waals surface area contributed by atoms with Gasteiger partial charge in [0.2, 0.25) is 0 Å². The van der Waals surface area contributed by atoms with Crippen molar-refractivity contribution in [3.05, 3.63) is 0 Å². The van der Waals surface area contributed by atoms with Crippen LogP contribution in [-0.2, 0) is 0 Å². The molecule has 1 heterocycles. The molecule has 0 aromatic heterocycles. The molecule has 0 atom stereocenters. The lowest BCUT2D eigenvalue weighted by Gasteiger charge is -2.71.